The van der Waals surface area contributed by atoms with E-state index in [1.807, 2.05) is 12.2 Å². The highest BCUT2D eigenvalue weighted by Crippen LogP contribution is 2.17. The Kier molecular flexibility index (Phi) is 4.11. The SMILES string of the molecule is O=C(C(=O)C1=CCCC=C1)C1=CCC=C(Cl)C=C1. The molecule has 0 saturated carbocycles. The van der Waals surface area contributed by atoms with Crippen molar-refractivity contribution in [2.75, 3.05) is 0 Å². The molecular formula is C15H13ClO2. The number of ketones is 2. The zero-order valence-corrected chi connectivity index (χ0v) is 10.6. The Morgan fingerprint density at radius 1 is 0.889 bits per heavy atom. The third-order valence-electron chi connectivity index (χ3n) is 2.80. The average molecular weight is 261 g/mol. The Morgan fingerprint density at radius 2 is 1.61 bits per heavy atom. The Balaban J connectivity index is 2.15. The molecule has 3 heteroatoms. The highest BCUT2D eigenvalue weighted by molar-refractivity contribution is 6.50. The Labute approximate surface area is 111 Å². The van der Waals surface area contributed by atoms with Gasteiger partial charge in [-0.05, 0) is 31.4 Å². The third kappa shape index (κ3) is 2.96. The first kappa shape index (κ1) is 12.8. The van der Waals surface area contributed by atoms with Crippen LogP contribution in [0.4, 0.5) is 0 Å². The molecule has 18 heavy (non-hydrogen) atoms. The molecule has 0 fully saturated rings. The maximum absolute atomic E-state index is 12.0. The summed E-state index contributed by atoms with van der Waals surface area (Å²) in [5.41, 5.74) is 0.899. The molecule has 0 aromatic rings. The summed E-state index contributed by atoms with van der Waals surface area (Å²) in [6, 6.07) is 0. The minimum Gasteiger partial charge on any atom is -0.285 e. The molecular weight excluding hydrogens is 248 g/mol. The van der Waals surface area contributed by atoms with Crippen LogP contribution in [0.3, 0.4) is 0 Å². The number of halogens is 1. The lowest BCUT2D eigenvalue weighted by molar-refractivity contribution is -0.131. The number of hydrogen-bond acceptors (Lipinski definition) is 2. The van der Waals surface area contributed by atoms with E-state index >= 15 is 0 Å². The highest BCUT2D eigenvalue weighted by Gasteiger charge is 2.20. The van der Waals surface area contributed by atoms with Gasteiger partial charge in [-0.3, -0.25) is 9.59 Å². The number of allylic oxidation sites excluding steroid dienone is 10. The van der Waals surface area contributed by atoms with Crippen LogP contribution in [0, 0.1) is 0 Å². The second kappa shape index (κ2) is 5.78. The molecule has 0 spiro atoms. The molecule has 0 heterocycles. The summed E-state index contributed by atoms with van der Waals surface area (Å²) in [7, 11) is 0. The second-order valence-corrected chi connectivity index (χ2v) is 4.55. The monoisotopic (exact) mass is 260 g/mol. The van der Waals surface area contributed by atoms with Gasteiger partial charge < -0.3 is 0 Å². The molecule has 0 aliphatic heterocycles. The summed E-state index contributed by atoms with van der Waals surface area (Å²) in [5, 5.41) is 0.582. The van der Waals surface area contributed by atoms with Crippen LogP contribution in [0.5, 0.6) is 0 Å². The molecule has 2 nitrogen and oxygen atoms in total. The van der Waals surface area contributed by atoms with Crippen molar-refractivity contribution in [3.63, 3.8) is 0 Å². The number of hydrogen-bond donors (Lipinski definition) is 0. The minimum absolute atomic E-state index is 0.409. The quantitative estimate of drug-likeness (QED) is 0.729. The number of rotatable bonds is 3. The molecule has 0 atom stereocenters. The lowest BCUT2D eigenvalue weighted by atomic mass is 9.97. The maximum atomic E-state index is 12.0. The number of carbonyl (C=O) groups is 2. The van der Waals surface area contributed by atoms with E-state index in [9.17, 15) is 9.59 Å². The van der Waals surface area contributed by atoms with Gasteiger partial charge in [0.25, 0.3) is 0 Å². The fourth-order valence-electron chi connectivity index (χ4n) is 1.82. The summed E-state index contributed by atoms with van der Waals surface area (Å²) in [5.74, 6) is -0.913. The molecule has 2 rings (SSSR count). The molecule has 0 aromatic carbocycles. The lowest BCUT2D eigenvalue weighted by Crippen LogP contribution is -2.17. The van der Waals surface area contributed by atoms with Crippen LogP contribution in [0.15, 0.2) is 58.7 Å². The zero-order chi connectivity index (χ0) is 13.0. The van der Waals surface area contributed by atoms with Gasteiger partial charge in [0.2, 0.25) is 11.6 Å². The van der Waals surface area contributed by atoms with E-state index in [0.717, 1.165) is 12.8 Å². The van der Waals surface area contributed by atoms with Gasteiger partial charge in [-0.15, -0.1) is 0 Å². The summed E-state index contributed by atoms with van der Waals surface area (Å²) >= 11 is 5.84. The first-order valence-electron chi connectivity index (χ1n) is 5.88. The van der Waals surface area contributed by atoms with Crippen molar-refractivity contribution in [3.8, 4) is 0 Å². The van der Waals surface area contributed by atoms with Crippen LogP contribution in [0.25, 0.3) is 0 Å². The molecule has 0 saturated heterocycles. The number of Topliss-reactive ketones (excluding diaryl/α,β-unsaturated/α-hetero) is 2. The summed E-state index contributed by atoms with van der Waals surface area (Å²) < 4.78 is 0. The van der Waals surface area contributed by atoms with Crippen molar-refractivity contribution in [2.45, 2.75) is 19.3 Å². The Morgan fingerprint density at radius 3 is 2.28 bits per heavy atom. The van der Waals surface area contributed by atoms with Crippen molar-refractivity contribution < 1.29 is 9.59 Å². The van der Waals surface area contributed by atoms with Crippen molar-refractivity contribution in [1.29, 1.82) is 0 Å². The van der Waals surface area contributed by atoms with E-state index in [4.69, 9.17) is 11.6 Å². The Bertz CT molecular complexity index is 531. The van der Waals surface area contributed by atoms with Crippen LogP contribution < -0.4 is 0 Å². The molecule has 0 radical (unpaired) electrons. The number of carbonyl (C=O) groups excluding carboxylic acids is 2. The smallest absolute Gasteiger partial charge is 0.233 e. The van der Waals surface area contributed by atoms with Crippen LogP contribution in [0.1, 0.15) is 19.3 Å². The molecule has 2 aliphatic carbocycles. The molecule has 0 amide bonds. The normalized spacial score (nSPS) is 18.6. The molecule has 0 aromatic heterocycles. The van der Waals surface area contributed by atoms with Gasteiger partial charge in [-0.1, -0.05) is 42.0 Å². The van der Waals surface area contributed by atoms with Gasteiger partial charge in [0, 0.05) is 16.2 Å². The van der Waals surface area contributed by atoms with Crippen molar-refractivity contribution in [3.05, 3.63) is 58.7 Å². The van der Waals surface area contributed by atoms with Crippen molar-refractivity contribution in [2.24, 2.45) is 0 Å². The van der Waals surface area contributed by atoms with Crippen LogP contribution in [0.2, 0.25) is 0 Å². The Hall–Kier alpha value is -1.67. The highest BCUT2D eigenvalue weighted by atomic mass is 35.5. The van der Waals surface area contributed by atoms with E-state index in [2.05, 4.69) is 0 Å². The second-order valence-electron chi connectivity index (χ2n) is 4.11. The van der Waals surface area contributed by atoms with Crippen LogP contribution in [-0.2, 0) is 9.59 Å². The largest absolute Gasteiger partial charge is 0.285 e. The standard InChI is InChI=1S/C15H13ClO2/c16-13-8-4-7-12(9-10-13)15(18)14(17)11-5-2-1-3-6-11/h2,5-10H,1,3-4H2. The van der Waals surface area contributed by atoms with E-state index in [0.29, 0.717) is 22.6 Å². The first-order valence-corrected chi connectivity index (χ1v) is 6.26. The van der Waals surface area contributed by atoms with Crippen LogP contribution >= 0.6 is 11.6 Å². The third-order valence-corrected chi connectivity index (χ3v) is 3.08. The fraction of sp³-hybridized carbons (Fsp3) is 0.200. The molecule has 2 aliphatic rings. The van der Waals surface area contributed by atoms with E-state index < -0.39 is 11.6 Å². The van der Waals surface area contributed by atoms with Crippen molar-refractivity contribution in [1.82, 2.24) is 0 Å². The lowest BCUT2D eigenvalue weighted by Gasteiger charge is -2.05. The van der Waals surface area contributed by atoms with Gasteiger partial charge in [0.15, 0.2) is 0 Å². The van der Waals surface area contributed by atoms with Gasteiger partial charge in [-0.2, -0.15) is 0 Å². The topological polar surface area (TPSA) is 34.1 Å². The molecule has 0 unspecified atom stereocenters. The molecule has 92 valence electrons. The van der Waals surface area contributed by atoms with Gasteiger partial charge in [0.05, 0.1) is 0 Å². The van der Waals surface area contributed by atoms with E-state index in [-0.39, 0.29) is 0 Å². The summed E-state index contributed by atoms with van der Waals surface area (Å²) in [4.78, 5) is 24.0. The molecule has 0 bridgehead atoms. The predicted octanol–water partition coefficient (Wildman–Crippen LogP) is 3.41. The van der Waals surface area contributed by atoms with Gasteiger partial charge >= 0.3 is 0 Å². The fourth-order valence-corrected chi connectivity index (χ4v) is 1.97. The minimum atomic E-state index is -0.469. The van der Waals surface area contributed by atoms with E-state index in [1.54, 1.807) is 30.4 Å². The zero-order valence-electron chi connectivity index (χ0n) is 9.86. The first-order chi connectivity index (χ1) is 8.68. The van der Waals surface area contributed by atoms with E-state index in [1.165, 1.54) is 0 Å². The van der Waals surface area contributed by atoms with Gasteiger partial charge in [-0.25, -0.2) is 0 Å². The average Bonchev–Trinajstić information content (AvgIpc) is 2.63. The maximum Gasteiger partial charge on any atom is 0.233 e. The van der Waals surface area contributed by atoms with Gasteiger partial charge in [0.1, 0.15) is 0 Å². The van der Waals surface area contributed by atoms with Crippen LogP contribution in [-0.4, -0.2) is 11.6 Å². The summed E-state index contributed by atoms with van der Waals surface area (Å²) in [6.45, 7) is 0. The predicted molar refractivity (Wildman–Crippen MR) is 72.2 cm³/mol. The molecule has 0 N–H and O–H groups in total. The van der Waals surface area contributed by atoms with Crippen molar-refractivity contribution >= 4 is 23.2 Å². The summed E-state index contributed by atoms with van der Waals surface area (Å²) in [6.07, 6.45) is 14.5.